The largest absolute Gasteiger partial charge is 0.399 e. The minimum Gasteiger partial charge on any atom is -0.399 e. The zero-order valence-corrected chi connectivity index (χ0v) is 13.4. The van der Waals surface area contributed by atoms with Crippen LogP contribution in [-0.4, -0.2) is 30.3 Å². The van der Waals surface area contributed by atoms with Crippen LogP contribution < -0.4 is 21.7 Å². The molecule has 120 valence electrons. The third-order valence-corrected chi connectivity index (χ3v) is 4.70. The summed E-state index contributed by atoms with van der Waals surface area (Å²) in [7, 11) is 0. The Morgan fingerprint density at radius 3 is 2.78 bits per heavy atom. The van der Waals surface area contributed by atoms with E-state index in [9.17, 15) is 9.59 Å². The summed E-state index contributed by atoms with van der Waals surface area (Å²) in [5, 5.41) is 1.91. The number of carbonyl (C=O) groups excluding carboxylic acids is 2. The van der Waals surface area contributed by atoms with Gasteiger partial charge in [0.05, 0.1) is 4.91 Å². The molecule has 2 heterocycles. The van der Waals surface area contributed by atoms with Gasteiger partial charge in [-0.25, -0.2) is 0 Å². The lowest BCUT2D eigenvalue weighted by Crippen LogP contribution is -2.26. The van der Waals surface area contributed by atoms with Gasteiger partial charge in [0.1, 0.15) is 0 Å². The van der Waals surface area contributed by atoms with E-state index in [1.165, 1.54) is 0 Å². The molecule has 6 nitrogen and oxygen atoms in total. The van der Waals surface area contributed by atoms with Gasteiger partial charge in [-0.3, -0.25) is 14.9 Å². The molecule has 3 rings (SSSR count). The maximum absolute atomic E-state index is 11.8. The summed E-state index contributed by atoms with van der Waals surface area (Å²) in [4.78, 5) is 25.7. The summed E-state index contributed by atoms with van der Waals surface area (Å²) in [6.07, 6.45) is 2.64. The maximum atomic E-state index is 11.8. The standard InChI is InChI=1S/C16H18N4O2S/c1-9(17)10-2-3-13(20-5-4-12(18)8-20)11(6-10)7-14-15(21)19-16(22)23-14/h2-3,6-7,12H,1,4-5,8,17-18H2,(H,19,21,22)/b14-7-. The Morgan fingerprint density at radius 2 is 2.22 bits per heavy atom. The molecule has 0 aliphatic carbocycles. The number of nitrogens with two attached hydrogens (primary N) is 2. The molecule has 5 N–H and O–H groups in total. The van der Waals surface area contributed by atoms with E-state index < -0.39 is 0 Å². The number of anilines is 1. The van der Waals surface area contributed by atoms with Crippen molar-refractivity contribution >= 4 is 40.4 Å². The Hall–Kier alpha value is -2.25. The van der Waals surface area contributed by atoms with Gasteiger partial charge in [0.15, 0.2) is 0 Å². The Balaban J connectivity index is 2.03. The third-order valence-electron chi connectivity index (χ3n) is 3.89. The van der Waals surface area contributed by atoms with Gasteiger partial charge in [0.2, 0.25) is 0 Å². The minimum absolute atomic E-state index is 0.144. The van der Waals surface area contributed by atoms with Crippen molar-refractivity contribution in [3.05, 3.63) is 40.8 Å². The number of imide groups is 1. The second kappa shape index (κ2) is 6.10. The fourth-order valence-electron chi connectivity index (χ4n) is 2.73. The van der Waals surface area contributed by atoms with E-state index in [2.05, 4.69) is 16.8 Å². The number of nitrogens with one attached hydrogen (secondary N) is 1. The number of thioether (sulfide) groups is 1. The molecule has 1 atom stereocenters. The van der Waals surface area contributed by atoms with Crippen LogP contribution >= 0.6 is 11.8 Å². The first-order valence-corrected chi connectivity index (χ1v) is 8.10. The second-order valence-corrected chi connectivity index (χ2v) is 6.66. The second-order valence-electron chi connectivity index (χ2n) is 5.65. The SMILES string of the molecule is C=C(N)c1ccc(N2CCC(N)C2)c(/C=C2\SC(=O)NC2=O)c1. The van der Waals surface area contributed by atoms with E-state index in [1.807, 2.05) is 18.2 Å². The average Bonchev–Trinajstić information content (AvgIpc) is 3.05. The smallest absolute Gasteiger partial charge is 0.290 e. The molecular weight excluding hydrogens is 312 g/mol. The van der Waals surface area contributed by atoms with Crippen molar-refractivity contribution in [2.45, 2.75) is 12.5 Å². The van der Waals surface area contributed by atoms with Crippen LogP contribution in [0.5, 0.6) is 0 Å². The van der Waals surface area contributed by atoms with Gasteiger partial charge in [0, 0.05) is 30.5 Å². The van der Waals surface area contributed by atoms with Crippen molar-refractivity contribution in [2.75, 3.05) is 18.0 Å². The zero-order chi connectivity index (χ0) is 16.6. The zero-order valence-electron chi connectivity index (χ0n) is 12.5. The summed E-state index contributed by atoms with van der Waals surface area (Å²) >= 11 is 0.899. The van der Waals surface area contributed by atoms with Gasteiger partial charge in [-0.2, -0.15) is 0 Å². The van der Waals surface area contributed by atoms with Crippen LogP contribution in [0.25, 0.3) is 11.8 Å². The predicted molar refractivity (Wildman–Crippen MR) is 93.6 cm³/mol. The molecule has 1 aromatic rings. The molecule has 1 aromatic carbocycles. The van der Waals surface area contributed by atoms with Crippen LogP contribution in [0.15, 0.2) is 29.7 Å². The number of amides is 2. The number of hydrogen-bond acceptors (Lipinski definition) is 6. The fraction of sp³-hybridized carbons (Fsp3) is 0.250. The lowest BCUT2D eigenvalue weighted by atomic mass is 10.1. The van der Waals surface area contributed by atoms with Crippen molar-refractivity contribution in [2.24, 2.45) is 11.5 Å². The molecule has 0 bridgehead atoms. The number of rotatable bonds is 3. The topological polar surface area (TPSA) is 101 Å². The Kier molecular flexibility index (Phi) is 4.14. The van der Waals surface area contributed by atoms with Crippen LogP contribution in [0.3, 0.4) is 0 Å². The van der Waals surface area contributed by atoms with Crippen molar-refractivity contribution in [3.8, 4) is 0 Å². The Labute approximate surface area is 138 Å². The van der Waals surface area contributed by atoms with E-state index in [0.29, 0.717) is 10.6 Å². The van der Waals surface area contributed by atoms with Crippen molar-refractivity contribution in [3.63, 3.8) is 0 Å². The first-order valence-electron chi connectivity index (χ1n) is 7.28. The summed E-state index contributed by atoms with van der Waals surface area (Å²) in [6.45, 7) is 5.37. The number of hydrogen-bond donors (Lipinski definition) is 3. The molecule has 2 aliphatic heterocycles. The van der Waals surface area contributed by atoms with Crippen molar-refractivity contribution in [1.82, 2.24) is 5.32 Å². The first-order chi connectivity index (χ1) is 10.9. The maximum Gasteiger partial charge on any atom is 0.290 e. The van der Waals surface area contributed by atoms with Gasteiger partial charge in [-0.05, 0) is 47.5 Å². The fourth-order valence-corrected chi connectivity index (χ4v) is 3.40. The van der Waals surface area contributed by atoms with E-state index in [0.717, 1.165) is 48.1 Å². The lowest BCUT2D eigenvalue weighted by Gasteiger charge is -2.21. The first kappa shape index (κ1) is 15.6. The normalized spacial score (nSPS) is 22.7. The van der Waals surface area contributed by atoms with Gasteiger partial charge in [0.25, 0.3) is 11.1 Å². The van der Waals surface area contributed by atoms with Gasteiger partial charge in [-0.15, -0.1) is 0 Å². The molecule has 0 aromatic heterocycles. The highest BCUT2D eigenvalue weighted by molar-refractivity contribution is 8.18. The summed E-state index contributed by atoms with van der Waals surface area (Å²) in [5.74, 6) is -0.374. The van der Waals surface area contributed by atoms with Gasteiger partial charge in [-0.1, -0.05) is 12.6 Å². The monoisotopic (exact) mass is 330 g/mol. The Morgan fingerprint density at radius 1 is 1.43 bits per heavy atom. The summed E-state index contributed by atoms with van der Waals surface area (Å²) in [6, 6.07) is 5.88. The third kappa shape index (κ3) is 3.25. The summed E-state index contributed by atoms with van der Waals surface area (Å²) in [5.41, 5.74) is 14.8. The minimum atomic E-state index is -0.374. The van der Waals surface area contributed by atoms with Crippen LogP contribution in [0, 0.1) is 0 Å². The number of nitrogens with zero attached hydrogens (tertiary/aromatic N) is 1. The highest BCUT2D eigenvalue weighted by Crippen LogP contribution is 2.32. The van der Waals surface area contributed by atoms with Crippen LogP contribution in [-0.2, 0) is 4.79 Å². The van der Waals surface area contributed by atoms with Crippen LogP contribution in [0.4, 0.5) is 10.5 Å². The van der Waals surface area contributed by atoms with Crippen LogP contribution in [0.1, 0.15) is 17.5 Å². The van der Waals surface area contributed by atoms with Crippen molar-refractivity contribution in [1.29, 1.82) is 0 Å². The lowest BCUT2D eigenvalue weighted by molar-refractivity contribution is -0.115. The predicted octanol–water partition coefficient (Wildman–Crippen LogP) is 1.48. The van der Waals surface area contributed by atoms with E-state index >= 15 is 0 Å². The van der Waals surface area contributed by atoms with Gasteiger partial charge < -0.3 is 16.4 Å². The molecule has 2 fully saturated rings. The molecule has 0 spiro atoms. The molecule has 2 amide bonds. The molecule has 1 unspecified atom stereocenters. The van der Waals surface area contributed by atoms with E-state index in [1.54, 1.807) is 6.08 Å². The number of carbonyl (C=O) groups is 2. The van der Waals surface area contributed by atoms with Crippen LogP contribution in [0.2, 0.25) is 0 Å². The number of benzene rings is 1. The molecule has 0 radical (unpaired) electrons. The molecule has 2 saturated heterocycles. The molecule has 0 saturated carbocycles. The highest BCUT2D eigenvalue weighted by atomic mass is 32.2. The Bertz CT molecular complexity index is 729. The molecular formula is C16H18N4O2S. The van der Waals surface area contributed by atoms with E-state index in [-0.39, 0.29) is 17.2 Å². The highest BCUT2D eigenvalue weighted by Gasteiger charge is 2.26. The van der Waals surface area contributed by atoms with Gasteiger partial charge >= 0.3 is 0 Å². The summed E-state index contributed by atoms with van der Waals surface area (Å²) < 4.78 is 0. The molecule has 2 aliphatic rings. The van der Waals surface area contributed by atoms with E-state index in [4.69, 9.17) is 11.5 Å². The molecule has 23 heavy (non-hydrogen) atoms. The average molecular weight is 330 g/mol. The molecule has 7 heteroatoms. The van der Waals surface area contributed by atoms with Crippen molar-refractivity contribution < 1.29 is 9.59 Å². The quantitative estimate of drug-likeness (QED) is 0.726.